The molecule has 0 aliphatic heterocycles. The summed E-state index contributed by atoms with van der Waals surface area (Å²) in [5.74, 6) is 0. The van der Waals surface area contributed by atoms with Gasteiger partial charge < -0.3 is 9.47 Å². The molecule has 2 heteroatoms. The highest BCUT2D eigenvalue weighted by Crippen LogP contribution is 2.41. The van der Waals surface area contributed by atoms with E-state index in [1.807, 2.05) is 0 Å². The first-order valence-electron chi connectivity index (χ1n) is 20.6. The summed E-state index contributed by atoms with van der Waals surface area (Å²) in [5.41, 5.74) is 16.5. The van der Waals surface area contributed by atoms with Gasteiger partial charge in [-0.3, -0.25) is 0 Å². The number of hydrogen-bond acceptors (Lipinski definition) is 1. The zero-order valence-corrected chi connectivity index (χ0v) is 33.0. The monoisotopic (exact) mass is 764 g/mol. The molecule has 0 fully saturated rings. The van der Waals surface area contributed by atoms with E-state index in [1.165, 1.54) is 77.1 Å². The Morgan fingerprint density at radius 1 is 0.283 bits per heavy atom. The average molecular weight is 765 g/mol. The number of fused-ring (bicyclic) bond motifs is 4. The Labute approximate surface area is 350 Å². The van der Waals surface area contributed by atoms with E-state index in [2.05, 4.69) is 252 Å². The van der Waals surface area contributed by atoms with Crippen LogP contribution in [0.1, 0.15) is 0 Å². The number of benzene rings is 10. The molecule has 0 saturated heterocycles. The van der Waals surface area contributed by atoms with Gasteiger partial charge in [-0.05, 0) is 122 Å². The highest BCUT2D eigenvalue weighted by Gasteiger charge is 2.17. The second-order valence-electron chi connectivity index (χ2n) is 15.3. The van der Waals surface area contributed by atoms with E-state index >= 15 is 0 Å². The summed E-state index contributed by atoms with van der Waals surface area (Å²) in [5, 5.41) is 5.02. The zero-order valence-electron chi connectivity index (χ0n) is 33.0. The molecule has 11 aromatic rings. The molecule has 0 aliphatic rings. The van der Waals surface area contributed by atoms with Crippen molar-refractivity contribution in [3.05, 3.63) is 243 Å². The van der Waals surface area contributed by atoms with E-state index in [0.29, 0.717) is 0 Å². The van der Waals surface area contributed by atoms with Gasteiger partial charge in [0.15, 0.2) is 0 Å². The van der Waals surface area contributed by atoms with Crippen molar-refractivity contribution in [1.29, 1.82) is 0 Å². The number of para-hydroxylation sites is 2. The third-order valence-electron chi connectivity index (χ3n) is 11.8. The number of aromatic nitrogens is 1. The second-order valence-corrected chi connectivity index (χ2v) is 15.3. The van der Waals surface area contributed by atoms with Crippen molar-refractivity contribution >= 4 is 49.6 Å². The summed E-state index contributed by atoms with van der Waals surface area (Å²) >= 11 is 0. The molecule has 0 saturated carbocycles. The molecule has 0 amide bonds. The van der Waals surface area contributed by atoms with Gasteiger partial charge in [0.2, 0.25) is 0 Å². The normalized spacial score (nSPS) is 11.3. The van der Waals surface area contributed by atoms with Crippen LogP contribution in [0.25, 0.3) is 82.8 Å². The summed E-state index contributed by atoms with van der Waals surface area (Å²) < 4.78 is 2.37. The smallest absolute Gasteiger partial charge is 0.0541 e. The molecule has 0 atom stereocenters. The van der Waals surface area contributed by atoms with Crippen molar-refractivity contribution in [2.24, 2.45) is 0 Å². The minimum Gasteiger partial charge on any atom is -0.311 e. The lowest BCUT2D eigenvalue weighted by atomic mass is 9.91. The highest BCUT2D eigenvalue weighted by molar-refractivity contribution is 6.09. The minimum absolute atomic E-state index is 1.09. The van der Waals surface area contributed by atoms with Gasteiger partial charge >= 0.3 is 0 Å². The van der Waals surface area contributed by atoms with Crippen molar-refractivity contribution in [3.63, 3.8) is 0 Å². The van der Waals surface area contributed by atoms with Crippen molar-refractivity contribution in [1.82, 2.24) is 4.57 Å². The molecule has 0 N–H and O–H groups in total. The molecule has 0 spiro atoms. The van der Waals surface area contributed by atoms with Gasteiger partial charge in [-0.1, -0.05) is 176 Å². The number of hydrogen-bond donors (Lipinski definition) is 0. The van der Waals surface area contributed by atoms with Crippen molar-refractivity contribution in [2.75, 3.05) is 4.90 Å². The fourth-order valence-corrected chi connectivity index (χ4v) is 8.94. The van der Waals surface area contributed by atoms with Crippen LogP contribution in [0, 0.1) is 0 Å². The molecule has 0 aliphatic carbocycles. The molecule has 10 aromatic carbocycles. The summed E-state index contributed by atoms with van der Waals surface area (Å²) in [6.07, 6.45) is 0. The third-order valence-corrected chi connectivity index (χ3v) is 11.8. The molecule has 2 nitrogen and oxygen atoms in total. The molecule has 1 heterocycles. The summed E-state index contributed by atoms with van der Waals surface area (Å²) in [6, 6.07) is 87.8. The second kappa shape index (κ2) is 15.1. The van der Waals surface area contributed by atoms with Crippen molar-refractivity contribution in [3.8, 4) is 50.2 Å². The molecule has 60 heavy (non-hydrogen) atoms. The maximum Gasteiger partial charge on any atom is 0.0541 e. The first-order valence-corrected chi connectivity index (χ1v) is 20.6. The Morgan fingerprint density at radius 3 is 1.23 bits per heavy atom. The van der Waals surface area contributed by atoms with Crippen LogP contribution >= 0.6 is 0 Å². The molecule has 1 aromatic heterocycles. The van der Waals surface area contributed by atoms with Crippen LogP contribution in [-0.2, 0) is 0 Å². The van der Waals surface area contributed by atoms with Gasteiger partial charge in [0.25, 0.3) is 0 Å². The van der Waals surface area contributed by atoms with Gasteiger partial charge in [0.05, 0.1) is 11.0 Å². The van der Waals surface area contributed by atoms with Gasteiger partial charge in [0, 0.05) is 33.5 Å². The fourth-order valence-electron chi connectivity index (χ4n) is 8.94. The number of rotatable bonds is 8. The molecule has 0 unspecified atom stereocenters. The topological polar surface area (TPSA) is 8.17 Å². The van der Waals surface area contributed by atoms with Crippen molar-refractivity contribution < 1.29 is 0 Å². The predicted octanol–water partition coefficient (Wildman–Crippen LogP) is 16.1. The van der Waals surface area contributed by atoms with Crippen LogP contribution in [0.2, 0.25) is 0 Å². The zero-order chi connectivity index (χ0) is 39.8. The molecule has 282 valence electrons. The van der Waals surface area contributed by atoms with E-state index in [1.54, 1.807) is 0 Å². The number of anilines is 3. The van der Waals surface area contributed by atoms with Crippen LogP contribution in [0.4, 0.5) is 17.1 Å². The van der Waals surface area contributed by atoms with Crippen molar-refractivity contribution in [2.45, 2.75) is 0 Å². The van der Waals surface area contributed by atoms with Crippen LogP contribution in [-0.4, -0.2) is 4.57 Å². The minimum atomic E-state index is 1.09. The van der Waals surface area contributed by atoms with Gasteiger partial charge in [-0.15, -0.1) is 0 Å². The lowest BCUT2D eigenvalue weighted by Gasteiger charge is -2.26. The van der Waals surface area contributed by atoms with Crippen LogP contribution in [0.3, 0.4) is 0 Å². The Hall–Kier alpha value is -7.94. The van der Waals surface area contributed by atoms with Gasteiger partial charge in [0.1, 0.15) is 0 Å². The maximum atomic E-state index is 2.37. The molecular weight excluding hydrogens is 725 g/mol. The Balaban J connectivity index is 1.00. The lowest BCUT2D eigenvalue weighted by molar-refractivity contribution is 1.17. The van der Waals surface area contributed by atoms with Crippen LogP contribution in [0.5, 0.6) is 0 Å². The lowest BCUT2D eigenvalue weighted by Crippen LogP contribution is -2.10. The molecular formula is C58H40N2. The Bertz CT molecular complexity index is 3210. The Kier molecular flexibility index (Phi) is 8.87. The number of nitrogens with zero attached hydrogens (tertiary/aromatic N) is 2. The highest BCUT2D eigenvalue weighted by atomic mass is 15.1. The first-order chi connectivity index (χ1) is 29.8. The van der Waals surface area contributed by atoms with Crippen LogP contribution in [0.15, 0.2) is 243 Å². The summed E-state index contributed by atoms with van der Waals surface area (Å²) in [4.78, 5) is 2.36. The third kappa shape index (κ3) is 6.32. The van der Waals surface area contributed by atoms with E-state index in [-0.39, 0.29) is 0 Å². The first kappa shape index (κ1) is 35.2. The van der Waals surface area contributed by atoms with E-state index in [9.17, 15) is 0 Å². The van der Waals surface area contributed by atoms with Gasteiger partial charge in [-0.2, -0.15) is 0 Å². The average Bonchev–Trinajstić information content (AvgIpc) is 3.67. The largest absolute Gasteiger partial charge is 0.311 e. The maximum absolute atomic E-state index is 2.37. The predicted molar refractivity (Wildman–Crippen MR) is 255 cm³/mol. The van der Waals surface area contributed by atoms with E-state index in [0.717, 1.165) is 22.7 Å². The SMILES string of the molecule is c1ccc(-c2cccc(-c3ccc(N(c4ccc(-c5cccc6cccc(-c7ccccc7)c56)cc4)c4ccc(-n5c6ccccc6c6ccccc65)cc4)cc3)c2)cc1. The van der Waals surface area contributed by atoms with E-state index < -0.39 is 0 Å². The molecule has 0 radical (unpaired) electrons. The quantitative estimate of drug-likeness (QED) is 0.150. The standard InChI is InChI=1S/C58H40N2/c1-3-14-41(15-4-1)46-20-11-21-47(40-46)42-28-32-48(33-29-42)59(50-36-38-51(39-37-50)60-56-26-9-7-22-54(56)55-23-8-10-27-57(55)60)49-34-30-44(31-35-49)53-25-13-19-45-18-12-24-52(58(45)53)43-16-5-2-6-17-43/h1-40H. The fraction of sp³-hybridized carbons (Fsp3) is 0. The molecule has 11 rings (SSSR count). The Morgan fingerprint density at radius 2 is 0.683 bits per heavy atom. The summed E-state index contributed by atoms with van der Waals surface area (Å²) in [6.45, 7) is 0. The molecule has 0 bridgehead atoms. The summed E-state index contributed by atoms with van der Waals surface area (Å²) in [7, 11) is 0. The van der Waals surface area contributed by atoms with Gasteiger partial charge in [-0.25, -0.2) is 0 Å². The van der Waals surface area contributed by atoms with E-state index in [4.69, 9.17) is 0 Å². The van der Waals surface area contributed by atoms with Crippen LogP contribution < -0.4 is 4.90 Å².